The van der Waals surface area contributed by atoms with Crippen molar-refractivity contribution in [3.8, 4) is 22.6 Å². The van der Waals surface area contributed by atoms with E-state index in [1.807, 2.05) is 24.3 Å². The fourth-order valence-corrected chi connectivity index (χ4v) is 4.45. The van der Waals surface area contributed by atoms with E-state index in [0.29, 0.717) is 13.2 Å². The molecule has 0 amide bonds. The van der Waals surface area contributed by atoms with Crippen molar-refractivity contribution in [3.05, 3.63) is 60.7 Å². The number of benzene rings is 4. The molecule has 0 N–H and O–H groups in total. The van der Waals surface area contributed by atoms with Crippen LogP contribution in [0.2, 0.25) is 0 Å². The van der Waals surface area contributed by atoms with Crippen molar-refractivity contribution >= 4 is 46.8 Å². The summed E-state index contributed by atoms with van der Waals surface area (Å²) < 4.78 is 12.4. The lowest BCUT2D eigenvalue weighted by molar-refractivity contribution is 0.252. The zero-order chi connectivity index (χ0) is 18.4. The Morgan fingerprint density at radius 3 is 1.44 bits per heavy atom. The molecule has 1 aliphatic heterocycles. The molecule has 1 aliphatic rings. The molecule has 4 heteroatoms. The maximum absolute atomic E-state index is 6.19. The van der Waals surface area contributed by atoms with Crippen LogP contribution in [0.4, 0.5) is 0 Å². The lowest BCUT2D eigenvalue weighted by Crippen LogP contribution is -2.03. The van der Waals surface area contributed by atoms with E-state index in [9.17, 15) is 0 Å². The van der Waals surface area contributed by atoms with Crippen LogP contribution in [0.5, 0.6) is 11.5 Å². The van der Waals surface area contributed by atoms with Crippen LogP contribution in [-0.4, -0.2) is 13.2 Å². The second-order valence-corrected chi connectivity index (χ2v) is 7.64. The fourth-order valence-electron chi connectivity index (χ4n) is 3.83. The lowest BCUT2D eigenvalue weighted by atomic mass is 9.92. The molecule has 1 heterocycles. The van der Waals surface area contributed by atoms with Crippen molar-refractivity contribution < 1.29 is 9.47 Å². The van der Waals surface area contributed by atoms with Crippen molar-refractivity contribution in [2.45, 2.75) is 16.2 Å². The number of rotatable bonds is 0. The third-order valence-corrected chi connectivity index (χ3v) is 5.77. The van der Waals surface area contributed by atoms with Gasteiger partial charge in [-0.2, -0.15) is 0 Å². The Bertz CT molecular complexity index is 1090. The van der Waals surface area contributed by atoms with Gasteiger partial charge >= 0.3 is 0 Å². The molecule has 0 aliphatic carbocycles. The molecule has 0 unspecified atom stereocenters. The first-order valence-electron chi connectivity index (χ1n) is 8.99. The molecule has 0 spiro atoms. The molecular weight excluding hydrogens is 372 g/mol. The van der Waals surface area contributed by atoms with Crippen LogP contribution in [0.3, 0.4) is 0 Å². The summed E-state index contributed by atoms with van der Waals surface area (Å²) in [5.41, 5.74) is 2.12. The van der Waals surface area contributed by atoms with Crippen molar-refractivity contribution in [1.29, 1.82) is 0 Å². The second-order valence-electron chi connectivity index (χ2n) is 6.68. The molecule has 4 aromatic rings. The highest BCUT2D eigenvalue weighted by Gasteiger charge is 2.22. The smallest absolute Gasteiger partial charge is 0.129 e. The minimum Gasteiger partial charge on any atom is -0.493 e. The van der Waals surface area contributed by atoms with E-state index in [4.69, 9.17) is 34.7 Å². The summed E-state index contributed by atoms with van der Waals surface area (Å²) >= 11 is 9.42. The van der Waals surface area contributed by atoms with Gasteiger partial charge in [-0.15, -0.1) is 25.3 Å². The van der Waals surface area contributed by atoms with Gasteiger partial charge in [-0.05, 0) is 33.7 Å². The van der Waals surface area contributed by atoms with Crippen LogP contribution in [0, 0.1) is 0 Å². The van der Waals surface area contributed by atoms with Crippen LogP contribution >= 0.6 is 25.3 Å². The molecule has 0 saturated carbocycles. The SMILES string of the molecule is Sc1cc2c(c3ccccc13)-c1c(cc(S)c3ccccc13)OCCCO2. The van der Waals surface area contributed by atoms with Gasteiger partial charge in [-0.25, -0.2) is 0 Å². The van der Waals surface area contributed by atoms with Crippen LogP contribution in [0.25, 0.3) is 32.7 Å². The van der Waals surface area contributed by atoms with E-state index in [-0.39, 0.29) is 0 Å². The van der Waals surface area contributed by atoms with E-state index in [2.05, 4.69) is 36.4 Å². The Balaban J connectivity index is 2.00. The average Bonchev–Trinajstić information content (AvgIpc) is 2.77. The highest BCUT2D eigenvalue weighted by Crippen LogP contribution is 2.48. The van der Waals surface area contributed by atoms with Gasteiger partial charge in [0.2, 0.25) is 0 Å². The molecule has 0 radical (unpaired) electrons. The normalized spacial score (nSPS) is 13.7. The Kier molecular flexibility index (Phi) is 4.18. The summed E-state index contributed by atoms with van der Waals surface area (Å²) in [6, 6.07) is 20.7. The minimum atomic E-state index is 0.609. The van der Waals surface area contributed by atoms with E-state index < -0.39 is 0 Å². The molecule has 4 aromatic carbocycles. The summed E-state index contributed by atoms with van der Waals surface area (Å²) in [6.07, 6.45) is 0.822. The standard InChI is InChI=1S/C23H18O2S2/c26-20-12-18-22(16-8-3-1-6-14(16)20)23-17-9-4-2-7-15(17)21(27)13-19(23)25-11-5-10-24-18/h1-4,6-9,12-13,26-27H,5,10-11H2. The first-order valence-corrected chi connectivity index (χ1v) is 9.89. The van der Waals surface area contributed by atoms with Crippen LogP contribution in [0.15, 0.2) is 70.5 Å². The Hall–Kier alpha value is -2.30. The fraction of sp³-hybridized carbons (Fsp3) is 0.130. The summed E-state index contributed by atoms with van der Waals surface area (Å²) in [5.74, 6) is 1.70. The van der Waals surface area contributed by atoms with Gasteiger partial charge in [0.25, 0.3) is 0 Å². The summed E-state index contributed by atoms with van der Waals surface area (Å²) in [6.45, 7) is 1.22. The summed E-state index contributed by atoms with van der Waals surface area (Å²) in [4.78, 5) is 1.84. The largest absolute Gasteiger partial charge is 0.493 e. The monoisotopic (exact) mass is 390 g/mol. The topological polar surface area (TPSA) is 18.5 Å². The zero-order valence-electron chi connectivity index (χ0n) is 14.6. The molecular formula is C23H18O2S2. The lowest BCUT2D eigenvalue weighted by Gasteiger charge is -2.19. The maximum Gasteiger partial charge on any atom is 0.129 e. The quantitative estimate of drug-likeness (QED) is 0.339. The third kappa shape index (κ3) is 2.75. The number of thiol groups is 2. The molecule has 5 rings (SSSR count). The molecule has 27 heavy (non-hydrogen) atoms. The summed E-state index contributed by atoms with van der Waals surface area (Å²) in [5, 5.41) is 4.44. The van der Waals surface area contributed by atoms with Crippen LogP contribution in [-0.2, 0) is 0 Å². The number of ether oxygens (including phenoxy) is 2. The first-order chi connectivity index (χ1) is 13.2. The van der Waals surface area contributed by atoms with Gasteiger partial charge in [-0.1, -0.05) is 48.5 Å². The predicted molar refractivity (Wildman–Crippen MR) is 117 cm³/mol. The van der Waals surface area contributed by atoms with Crippen molar-refractivity contribution in [2.24, 2.45) is 0 Å². The van der Waals surface area contributed by atoms with E-state index >= 15 is 0 Å². The first kappa shape index (κ1) is 16.8. The van der Waals surface area contributed by atoms with Gasteiger partial charge in [0.1, 0.15) is 11.5 Å². The van der Waals surface area contributed by atoms with Gasteiger partial charge in [0, 0.05) is 27.3 Å². The molecule has 0 atom stereocenters. The highest BCUT2D eigenvalue weighted by molar-refractivity contribution is 7.80. The van der Waals surface area contributed by atoms with Crippen molar-refractivity contribution in [3.63, 3.8) is 0 Å². The predicted octanol–water partition coefficient (Wildman–Crippen LogP) is 6.40. The Labute approximate surface area is 168 Å². The van der Waals surface area contributed by atoms with Crippen LogP contribution in [0.1, 0.15) is 6.42 Å². The van der Waals surface area contributed by atoms with E-state index in [1.165, 1.54) is 0 Å². The molecule has 0 bridgehead atoms. The average molecular weight is 391 g/mol. The van der Waals surface area contributed by atoms with Gasteiger partial charge in [-0.3, -0.25) is 0 Å². The van der Waals surface area contributed by atoms with Crippen LogP contribution < -0.4 is 9.47 Å². The highest BCUT2D eigenvalue weighted by atomic mass is 32.1. The minimum absolute atomic E-state index is 0.609. The third-order valence-electron chi connectivity index (χ3n) is 5.03. The number of fused-ring (bicyclic) bond motifs is 7. The molecule has 0 saturated heterocycles. The number of hydrogen-bond donors (Lipinski definition) is 2. The second kappa shape index (κ2) is 6.70. The Morgan fingerprint density at radius 2 is 1.00 bits per heavy atom. The maximum atomic E-state index is 6.19. The van der Waals surface area contributed by atoms with Gasteiger partial charge < -0.3 is 9.47 Å². The van der Waals surface area contributed by atoms with E-state index in [1.54, 1.807) is 0 Å². The molecule has 134 valence electrons. The van der Waals surface area contributed by atoms with E-state index in [0.717, 1.165) is 60.4 Å². The van der Waals surface area contributed by atoms with Crippen molar-refractivity contribution in [2.75, 3.05) is 13.2 Å². The summed E-state index contributed by atoms with van der Waals surface area (Å²) in [7, 11) is 0. The molecule has 2 nitrogen and oxygen atoms in total. The Morgan fingerprint density at radius 1 is 0.593 bits per heavy atom. The van der Waals surface area contributed by atoms with Gasteiger partial charge in [0.05, 0.1) is 13.2 Å². The zero-order valence-corrected chi connectivity index (χ0v) is 16.4. The molecule has 0 fully saturated rings. The molecule has 0 aromatic heterocycles. The van der Waals surface area contributed by atoms with Gasteiger partial charge in [0.15, 0.2) is 0 Å². The van der Waals surface area contributed by atoms with Crippen molar-refractivity contribution in [1.82, 2.24) is 0 Å². The number of hydrogen-bond acceptors (Lipinski definition) is 4.